The Hall–Kier alpha value is -2.07. The van der Waals surface area contributed by atoms with Gasteiger partial charge < -0.3 is 14.2 Å². The van der Waals surface area contributed by atoms with E-state index in [0.29, 0.717) is 25.0 Å². The van der Waals surface area contributed by atoms with Crippen molar-refractivity contribution in [1.82, 2.24) is 0 Å². The van der Waals surface area contributed by atoms with E-state index < -0.39 is 0 Å². The van der Waals surface area contributed by atoms with E-state index in [2.05, 4.69) is 52.0 Å². The quantitative estimate of drug-likeness (QED) is 0.489. The molecule has 0 saturated heterocycles. The molecule has 6 rings (SSSR count). The Morgan fingerprint density at radius 2 is 1.37 bits per heavy atom. The molecule has 3 nitrogen and oxygen atoms in total. The summed E-state index contributed by atoms with van der Waals surface area (Å²) in [6, 6.07) is 8.85. The van der Waals surface area contributed by atoms with Gasteiger partial charge in [-0.1, -0.05) is 50.7 Å². The number of fused-ring (bicyclic) bond motifs is 1. The molecule has 156 valence electrons. The molecule has 0 fully saturated rings. The fraction of sp³-hybridized carbons (Fsp3) is 0.462. The number of thioether (sulfide) groups is 1. The van der Waals surface area contributed by atoms with Gasteiger partial charge in [0.1, 0.15) is 36.3 Å². The summed E-state index contributed by atoms with van der Waals surface area (Å²) in [5.74, 6) is 5.37. The highest BCUT2D eigenvalue weighted by Crippen LogP contribution is 2.56. The molecule has 2 aliphatic carbocycles. The van der Waals surface area contributed by atoms with Crippen LogP contribution in [0.15, 0.2) is 73.8 Å². The predicted molar refractivity (Wildman–Crippen MR) is 118 cm³/mol. The third-order valence-electron chi connectivity index (χ3n) is 7.50. The van der Waals surface area contributed by atoms with Gasteiger partial charge in [-0.05, 0) is 48.1 Å². The molecule has 3 heterocycles. The van der Waals surface area contributed by atoms with E-state index in [-0.39, 0.29) is 11.8 Å². The lowest BCUT2D eigenvalue weighted by Crippen LogP contribution is -2.34. The van der Waals surface area contributed by atoms with Gasteiger partial charge in [0.15, 0.2) is 0 Å². The highest BCUT2D eigenvalue weighted by atomic mass is 32.2. The van der Waals surface area contributed by atoms with Crippen LogP contribution in [0, 0.1) is 23.7 Å². The van der Waals surface area contributed by atoms with E-state index in [4.69, 9.17) is 14.2 Å². The molecule has 0 radical (unpaired) electrons. The molecule has 1 aromatic rings. The first-order valence-corrected chi connectivity index (χ1v) is 12.0. The Bertz CT molecular complexity index is 993. The molecule has 4 atom stereocenters. The summed E-state index contributed by atoms with van der Waals surface area (Å²) >= 11 is 1.95. The number of benzene rings is 1. The molecule has 0 saturated carbocycles. The summed E-state index contributed by atoms with van der Waals surface area (Å²) in [4.78, 5) is 2.90. The smallest absolute Gasteiger partial charge is 0.145 e. The van der Waals surface area contributed by atoms with Crippen LogP contribution in [-0.2, 0) is 20.6 Å². The number of ether oxygens (including phenoxy) is 3. The summed E-state index contributed by atoms with van der Waals surface area (Å²) in [5, 5.41) is 0. The molecule has 5 aliphatic rings. The molecule has 30 heavy (non-hydrogen) atoms. The van der Waals surface area contributed by atoms with Crippen LogP contribution in [0.4, 0.5) is 0 Å². The van der Waals surface area contributed by atoms with Gasteiger partial charge in [-0.25, -0.2) is 0 Å². The van der Waals surface area contributed by atoms with Crippen LogP contribution in [0.25, 0.3) is 0 Å². The standard InChI is InChI=1S/C26H28O3S/c1-13-18-12-19-14(2)24-25(28-10-9-27-24)15(3)22(19)29-23(18)16(4)26-20(13)11-17-7-5-6-8-21(17)30-26/h5-8,13-16H,9-12H2,1-4H3. The van der Waals surface area contributed by atoms with Gasteiger partial charge in [0, 0.05) is 27.6 Å². The largest absolute Gasteiger partial charge is 0.490 e. The van der Waals surface area contributed by atoms with E-state index in [1.807, 2.05) is 11.8 Å². The maximum absolute atomic E-state index is 6.79. The second-order valence-corrected chi connectivity index (χ2v) is 10.2. The van der Waals surface area contributed by atoms with Crippen molar-refractivity contribution in [2.24, 2.45) is 23.7 Å². The maximum Gasteiger partial charge on any atom is 0.145 e. The lowest BCUT2D eigenvalue weighted by Gasteiger charge is -2.44. The van der Waals surface area contributed by atoms with Gasteiger partial charge in [0.05, 0.1) is 5.92 Å². The van der Waals surface area contributed by atoms with Crippen LogP contribution in [0.5, 0.6) is 0 Å². The molecular formula is C26H28O3S. The molecular weight excluding hydrogens is 392 g/mol. The predicted octanol–water partition coefficient (Wildman–Crippen LogP) is 6.35. The van der Waals surface area contributed by atoms with Gasteiger partial charge in [-0.2, -0.15) is 0 Å². The average molecular weight is 421 g/mol. The molecule has 0 bridgehead atoms. The van der Waals surface area contributed by atoms with Crippen LogP contribution >= 0.6 is 11.8 Å². The zero-order valence-electron chi connectivity index (χ0n) is 18.1. The molecule has 4 heteroatoms. The lowest BCUT2D eigenvalue weighted by molar-refractivity contribution is 0.0246. The summed E-state index contributed by atoms with van der Waals surface area (Å²) in [5.41, 5.74) is 5.91. The minimum Gasteiger partial charge on any atom is -0.490 e. The van der Waals surface area contributed by atoms with Crippen LogP contribution in [0.2, 0.25) is 0 Å². The molecule has 1 aromatic carbocycles. The number of hydrogen-bond donors (Lipinski definition) is 0. The van der Waals surface area contributed by atoms with Crippen molar-refractivity contribution in [3.63, 3.8) is 0 Å². The normalized spacial score (nSPS) is 32.3. The van der Waals surface area contributed by atoms with E-state index in [1.165, 1.54) is 32.3 Å². The third-order valence-corrected chi connectivity index (χ3v) is 8.95. The second-order valence-electron chi connectivity index (χ2n) is 9.15. The van der Waals surface area contributed by atoms with Crippen LogP contribution in [0.3, 0.4) is 0 Å². The molecule has 0 N–H and O–H groups in total. The topological polar surface area (TPSA) is 27.7 Å². The fourth-order valence-corrected chi connectivity index (χ4v) is 7.10. The van der Waals surface area contributed by atoms with Crippen molar-refractivity contribution >= 4 is 11.8 Å². The molecule has 0 aromatic heterocycles. The SMILES string of the molecule is CC1C2=C(OC3=C(C2)C(C)C2=C(OCCO2)C3C)C(C)C2=C1Cc1ccccc1S2. The van der Waals surface area contributed by atoms with Crippen molar-refractivity contribution in [2.75, 3.05) is 13.2 Å². The van der Waals surface area contributed by atoms with Gasteiger partial charge in [0.25, 0.3) is 0 Å². The van der Waals surface area contributed by atoms with Crippen molar-refractivity contribution in [1.29, 1.82) is 0 Å². The van der Waals surface area contributed by atoms with Crippen LogP contribution in [-0.4, -0.2) is 13.2 Å². The Balaban J connectivity index is 1.36. The average Bonchev–Trinajstić information content (AvgIpc) is 2.79. The highest BCUT2D eigenvalue weighted by molar-refractivity contribution is 8.03. The van der Waals surface area contributed by atoms with Crippen LogP contribution in [0.1, 0.15) is 39.7 Å². The van der Waals surface area contributed by atoms with Gasteiger partial charge in [-0.15, -0.1) is 0 Å². The lowest BCUT2D eigenvalue weighted by atomic mass is 9.72. The fourth-order valence-electron chi connectivity index (χ4n) is 5.78. The van der Waals surface area contributed by atoms with E-state index in [9.17, 15) is 0 Å². The van der Waals surface area contributed by atoms with Crippen molar-refractivity contribution < 1.29 is 14.2 Å². The highest BCUT2D eigenvalue weighted by Gasteiger charge is 2.45. The van der Waals surface area contributed by atoms with Crippen molar-refractivity contribution in [3.8, 4) is 0 Å². The Morgan fingerprint density at radius 3 is 2.17 bits per heavy atom. The van der Waals surface area contributed by atoms with E-state index in [1.54, 1.807) is 5.57 Å². The second kappa shape index (κ2) is 6.71. The minimum atomic E-state index is 0.123. The Morgan fingerprint density at radius 1 is 0.700 bits per heavy atom. The van der Waals surface area contributed by atoms with Gasteiger partial charge >= 0.3 is 0 Å². The summed E-state index contributed by atoms with van der Waals surface area (Å²) in [6.07, 6.45) is 2.05. The molecule has 0 amide bonds. The Kier molecular flexibility index (Phi) is 4.18. The van der Waals surface area contributed by atoms with Crippen molar-refractivity contribution in [3.05, 3.63) is 74.5 Å². The molecule has 3 aliphatic heterocycles. The monoisotopic (exact) mass is 420 g/mol. The van der Waals surface area contributed by atoms with Crippen LogP contribution < -0.4 is 0 Å². The van der Waals surface area contributed by atoms with Gasteiger partial charge in [0.2, 0.25) is 0 Å². The molecule has 0 spiro atoms. The number of allylic oxidation sites excluding steroid dienone is 4. The number of rotatable bonds is 0. The first-order chi connectivity index (χ1) is 14.5. The third kappa shape index (κ3) is 2.52. The van der Waals surface area contributed by atoms with Crippen molar-refractivity contribution in [2.45, 2.75) is 45.4 Å². The zero-order valence-corrected chi connectivity index (χ0v) is 18.9. The minimum absolute atomic E-state index is 0.123. The zero-order chi connectivity index (χ0) is 20.6. The maximum atomic E-state index is 6.79. The van der Waals surface area contributed by atoms with E-state index in [0.717, 1.165) is 30.1 Å². The number of hydrogen-bond acceptors (Lipinski definition) is 4. The van der Waals surface area contributed by atoms with Gasteiger partial charge in [-0.3, -0.25) is 0 Å². The first-order valence-electron chi connectivity index (χ1n) is 11.2. The summed E-state index contributed by atoms with van der Waals surface area (Å²) in [7, 11) is 0. The Labute approximate surface area is 182 Å². The summed E-state index contributed by atoms with van der Waals surface area (Å²) in [6.45, 7) is 10.4. The first kappa shape index (κ1) is 18.7. The summed E-state index contributed by atoms with van der Waals surface area (Å²) < 4.78 is 18.9. The molecule has 4 unspecified atom stereocenters. The van der Waals surface area contributed by atoms with E-state index >= 15 is 0 Å².